The van der Waals surface area contributed by atoms with Crippen LogP contribution in [-0.4, -0.2) is 75.0 Å². The van der Waals surface area contributed by atoms with Crippen molar-refractivity contribution in [2.75, 3.05) is 62.3 Å². The fourth-order valence-electron chi connectivity index (χ4n) is 4.60. The van der Waals surface area contributed by atoms with Crippen LogP contribution in [0.5, 0.6) is 0 Å². The van der Waals surface area contributed by atoms with E-state index in [-0.39, 0.29) is 11.3 Å². The van der Waals surface area contributed by atoms with Crippen molar-refractivity contribution in [3.8, 4) is 5.69 Å². The number of ether oxygens (including phenoxy) is 1. The zero-order valence-corrected chi connectivity index (χ0v) is 20.6. The molecule has 0 aliphatic carbocycles. The first-order valence-electron chi connectivity index (χ1n) is 11.9. The van der Waals surface area contributed by atoms with Crippen LogP contribution in [0.25, 0.3) is 5.69 Å². The SMILES string of the molecule is O=c1c(N2CCOCC2)c(N2CCN(S(=O)(=O)Cc3ccccc3)CC2)cnn1-c1ccc(F)cc1. The van der Waals surface area contributed by atoms with Crippen LogP contribution in [-0.2, 0) is 20.5 Å². The van der Waals surface area contributed by atoms with E-state index in [1.54, 1.807) is 6.20 Å². The highest BCUT2D eigenvalue weighted by molar-refractivity contribution is 7.88. The highest BCUT2D eigenvalue weighted by atomic mass is 32.2. The van der Waals surface area contributed by atoms with Gasteiger partial charge in [-0.2, -0.15) is 14.1 Å². The summed E-state index contributed by atoms with van der Waals surface area (Å²) >= 11 is 0. The lowest BCUT2D eigenvalue weighted by Crippen LogP contribution is -2.50. The summed E-state index contributed by atoms with van der Waals surface area (Å²) in [6.45, 7) is 3.63. The van der Waals surface area contributed by atoms with Gasteiger partial charge in [0.25, 0.3) is 5.56 Å². The van der Waals surface area contributed by atoms with Gasteiger partial charge in [-0.15, -0.1) is 0 Å². The van der Waals surface area contributed by atoms with Crippen molar-refractivity contribution in [3.63, 3.8) is 0 Å². The van der Waals surface area contributed by atoms with Crippen molar-refractivity contribution < 1.29 is 17.5 Å². The van der Waals surface area contributed by atoms with Crippen LogP contribution in [0.3, 0.4) is 0 Å². The number of morpholine rings is 1. The van der Waals surface area contributed by atoms with Gasteiger partial charge in [0.05, 0.1) is 36.5 Å². The molecule has 0 amide bonds. The summed E-state index contributed by atoms with van der Waals surface area (Å²) in [4.78, 5) is 17.6. The van der Waals surface area contributed by atoms with Crippen molar-refractivity contribution in [1.82, 2.24) is 14.1 Å². The number of rotatable bonds is 6. The largest absolute Gasteiger partial charge is 0.378 e. The predicted molar refractivity (Wildman–Crippen MR) is 136 cm³/mol. The van der Waals surface area contributed by atoms with Gasteiger partial charge in [0.15, 0.2) is 0 Å². The smallest absolute Gasteiger partial charge is 0.297 e. The molecule has 1 aromatic heterocycles. The molecule has 2 aliphatic heterocycles. The Balaban J connectivity index is 1.40. The molecule has 0 atom stereocenters. The molecule has 0 N–H and O–H groups in total. The van der Waals surface area contributed by atoms with Crippen LogP contribution in [0.4, 0.5) is 15.8 Å². The van der Waals surface area contributed by atoms with E-state index in [1.807, 2.05) is 40.1 Å². The molecule has 2 aliphatic rings. The average molecular weight is 514 g/mol. The van der Waals surface area contributed by atoms with E-state index < -0.39 is 15.8 Å². The first-order valence-corrected chi connectivity index (χ1v) is 13.5. The van der Waals surface area contributed by atoms with E-state index in [4.69, 9.17) is 4.74 Å². The molecule has 3 heterocycles. The lowest BCUT2D eigenvalue weighted by atomic mass is 10.2. The summed E-state index contributed by atoms with van der Waals surface area (Å²) in [6, 6.07) is 14.8. The second-order valence-corrected chi connectivity index (χ2v) is 10.8. The molecule has 3 aromatic rings. The van der Waals surface area contributed by atoms with Crippen LogP contribution >= 0.6 is 0 Å². The Kier molecular flexibility index (Phi) is 7.04. The van der Waals surface area contributed by atoms with Gasteiger partial charge >= 0.3 is 0 Å². The molecule has 0 bridgehead atoms. The molecule has 9 nitrogen and oxygen atoms in total. The molecular formula is C25H28FN5O4S. The Bertz CT molecular complexity index is 1350. The number of nitrogens with zero attached hydrogens (tertiary/aromatic N) is 5. The third-order valence-corrected chi connectivity index (χ3v) is 8.35. The minimum atomic E-state index is -3.46. The molecule has 2 saturated heterocycles. The highest BCUT2D eigenvalue weighted by Crippen LogP contribution is 2.28. The first-order chi connectivity index (χ1) is 17.4. The molecule has 11 heteroatoms. The Hall–Kier alpha value is -3.28. The van der Waals surface area contributed by atoms with E-state index >= 15 is 0 Å². The van der Waals surface area contributed by atoms with E-state index in [0.717, 1.165) is 5.56 Å². The second-order valence-electron chi connectivity index (χ2n) is 8.80. The maximum atomic E-state index is 13.6. The van der Waals surface area contributed by atoms with Gasteiger partial charge in [0.1, 0.15) is 11.5 Å². The fraction of sp³-hybridized carbons (Fsp3) is 0.360. The predicted octanol–water partition coefficient (Wildman–Crippen LogP) is 1.86. The van der Waals surface area contributed by atoms with Crippen molar-refractivity contribution in [1.29, 1.82) is 0 Å². The monoisotopic (exact) mass is 513 g/mol. The number of anilines is 2. The van der Waals surface area contributed by atoms with Crippen molar-refractivity contribution in [2.24, 2.45) is 0 Å². The Morgan fingerprint density at radius 2 is 1.53 bits per heavy atom. The number of hydrogen-bond acceptors (Lipinski definition) is 7. The number of aromatic nitrogens is 2. The molecule has 2 aromatic carbocycles. The lowest BCUT2D eigenvalue weighted by Gasteiger charge is -2.38. The van der Waals surface area contributed by atoms with Crippen LogP contribution in [0.1, 0.15) is 5.56 Å². The van der Waals surface area contributed by atoms with E-state index in [0.29, 0.717) is 69.5 Å². The number of halogens is 1. The summed E-state index contributed by atoms with van der Waals surface area (Å²) in [7, 11) is -3.46. The summed E-state index contributed by atoms with van der Waals surface area (Å²) < 4.78 is 47.7. The van der Waals surface area contributed by atoms with E-state index in [2.05, 4.69) is 5.10 Å². The molecule has 0 spiro atoms. The van der Waals surface area contributed by atoms with Crippen molar-refractivity contribution >= 4 is 21.4 Å². The zero-order valence-electron chi connectivity index (χ0n) is 19.8. The number of piperazine rings is 1. The van der Waals surface area contributed by atoms with Crippen LogP contribution in [0.2, 0.25) is 0 Å². The Morgan fingerprint density at radius 1 is 0.861 bits per heavy atom. The Labute approximate surface area is 209 Å². The molecule has 0 saturated carbocycles. The molecule has 0 radical (unpaired) electrons. The molecule has 0 unspecified atom stereocenters. The van der Waals surface area contributed by atoms with Crippen molar-refractivity contribution in [3.05, 3.63) is 82.5 Å². The quantitative estimate of drug-likeness (QED) is 0.497. The highest BCUT2D eigenvalue weighted by Gasteiger charge is 2.30. The minimum Gasteiger partial charge on any atom is -0.378 e. The second kappa shape index (κ2) is 10.4. The standard InChI is InChI=1S/C25H28FN5O4S/c26-21-6-8-22(9-7-21)31-25(32)24(29-14-16-35-17-15-29)23(18-27-31)28-10-12-30(13-11-28)36(33,34)19-20-4-2-1-3-5-20/h1-9,18H,10-17,19H2. The summed E-state index contributed by atoms with van der Waals surface area (Å²) in [6.07, 6.45) is 1.64. The van der Waals surface area contributed by atoms with Gasteiger partial charge in [-0.3, -0.25) is 4.79 Å². The van der Waals surface area contributed by atoms with Crippen LogP contribution < -0.4 is 15.4 Å². The number of sulfonamides is 1. The van der Waals surface area contributed by atoms with Gasteiger partial charge < -0.3 is 14.5 Å². The van der Waals surface area contributed by atoms with Crippen LogP contribution in [0.15, 0.2) is 65.6 Å². The van der Waals surface area contributed by atoms with Gasteiger partial charge in [-0.1, -0.05) is 30.3 Å². The first kappa shape index (κ1) is 24.4. The van der Waals surface area contributed by atoms with Crippen LogP contribution in [0, 0.1) is 5.82 Å². The van der Waals surface area contributed by atoms with Gasteiger partial charge in [0.2, 0.25) is 10.0 Å². The Morgan fingerprint density at radius 3 is 2.19 bits per heavy atom. The minimum absolute atomic E-state index is 0.0395. The number of benzene rings is 2. The lowest BCUT2D eigenvalue weighted by molar-refractivity contribution is 0.122. The number of hydrogen-bond donors (Lipinski definition) is 0. The zero-order chi connectivity index (χ0) is 25.1. The summed E-state index contributed by atoms with van der Waals surface area (Å²) in [5, 5.41) is 4.38. The van der Waals surface area contributed by atoms with Crippen molar-refractivity contribution in [2.45, 2.75) is 5.75 Å². The molecule has 190 valence electrons. The summed E-state index contributed by atoms with van der Waals surface area (Å²) in [5.74, 6) is -0.431. The normalized spacial score (nSPS) is 17.4. The van der Waals surface area contributed by atoms with E-state index in [9.17, 15) is 17.6 Å². The summed E-state index contributed by atoms with van der Waals surface area (Å²) in [5.41, 5.74) is 2.08. The van der Waals surface area contributed by atoms with E-state index in [1.165, 1.54) is 33.3 Å². The topological polar surface area (TPSA) is 88.0 Å². The molecule has 2 fully saturated rings. The molecular weight excluding hydrogens is 485 g/mol. The third kappa shape index (κ3) is 5.13. The van der Waals surface area contributed by atoms with Gasteiger partial charge in [-0.05, 0) is 29.8 Å². The maximum Gasteiger partial charge on any atom is 0.297 e. The molecule has 5 rings (SSSR count). The maximum absolute atomic E-state index is 13.6. The third-order valence-electron chi connectivity index (χ3n) is 6.50. The fourth-order valence-corrected chi connectivity index (χ4v) is 6.12. The molecule has 36 heavy (non-hydrogen) atoms. The van der Waals surface area contributed by atoms with Gasteiger partial charge in [0, 0.05) is 39.3 Å². The average Bonchev–Trinajstić information content (AvgIpc) is 2.90. The van der Waals surface area contributed by atoms with Gasteiger partial charge in [-0.25, -0.2) is 12.8 Å².